The van der Waals surface area contributed by atoms with Crippen LogP contribution in [0, 0.1) is 5.92 Å². The van der Waals surface area contributed by atoms with Gasteiger partial charge < -0.3 is 20.1 Å². The van der Waals surface area contributed by atoms with Crippen molar-refractivity contribution in [1.82, 2.24) is 15.8 Å². The van der Waals surface area contributed by atoms with Crippen LogP contribution in [0.5, 0.6) is 11.5 Å². The van der Waals surface area contributed by atoms with E-state index in [4.69, 9.17) is 15.2 Å². The van der Waals surface area contributed by atoms with Crippen molar-refractivity contribution in [3.8, 4) is 11.5 Å². The highest BCUT2D eigenvalue weighted by molar-refractivity contribution is 5.96. The molecule has 9 nitrogen and oxygen atoms in total. The molecule has 1 aromatic carbocycles. The number of hydrogen-bond donors (Lipinski definition) is 3. The molecule has 4 amide bonds. The Morgan fingerprint density at radius 1 is 1.27 bits per heavy atom. The molecule has 1 saturated heterocycles. The smallest absolute Gasteiger partial charge is 0.314 e. The number of ether oxygens (including phenoxy) is 2. The second-order valence-electron chi connectivity index (χ2n) is 5.87. The van der Waals surface area contributed by atoms with E-state index in [0.717, 1.165) is 0 Å². The third-order valence-corrected chi connectivity index (χ3v) is 4.13. The summed E-state index contributed by atoms with van der Waals surface area (Å²) >= 11 is 0. The normalized spacial score (nSPS) is 16.5. The summed E-state index contributed by atoms with van der Waals surface area (Å²) < 4.78 is 10.6. The molecule has 0 spiro atoms. The Bertz CT molecular complexity index is 679. The number of hydrogen-bond acceptors (Lipinski definition) is 5. The van der Waals surface area contributed by atoms with Crippen molar-refractivity contribution in [2.24, 2.45) is 11.7 Å². The van der Waals surface area contributed by atoms with Gasteiger partial charge in [-0.1, -0.05) is 0 Å². The molecule has 0 aromatic heterocycles. The van der Waals surface area contributed by atoms with Crippen LogP contribution in [0.3, 0.4) is 0 Å². The highest BCUT2D eigenvalue weighted by Gasteiger charge is 2.27. The molecule has 1 aliphatic rings. The highest BCUT2D eigenvalue weighted by atomic mass is 16.5. The number of methoxy groups -OCH3 is 1. The molecule has 0 bridgehead atoms. The standard InChI is InChI=1S/C17H24N4O5/c1-3-26-13-7-6-11(9-14(13)25-2)15(22)19-20-16(23)12-5-4-8-21(10-12)17(18)24/h6-7,9,12H,3-5,8,10H2,1-2H3,(H2,18,24)(H,19,22)(H,20,23)/t12-/m1/s1. The number of primary amides is 1. The summed E-state index contributed by atoms with van der Waals surface area (Å²) in [4.78, 5) is 37.1. The van der Waals surface area contributed by atoms with Gasteiger partial charge in [0.2, 0.25) is 5.91 Å². The minimum absolute atomic E-state index is 0.244. The van der Waals surface area contributed by atoms with Crippen molar-refractivity contribution >= 4 is 17.8 Å². The number of likely N-dealkylation sites (tertiary alicyclic amines) is 1. The van der Waals surface area contributed by atoms with Gasteiger partial charge in [0.1, 0.15) is 0 Å². The Hall–Kier alpha value is -2.97. The van der Waals surface area contributed by atoms with Gasteiger partial charge in [-0.3, -0.25) is 20.4 Å². The fourth-order valence-corrected chi connectivity index (χ4v) is 2.77. The average Bonchev–Trinajstić information content (AvgIpc) is 2.66. The van der Waals surface area contributed by atoms with Gasteiger partial charge in [0.25, 0.3) is 5.91 Å². The van der Waals surface area contributed by atoms with Crippen LogP contribution in [0.1, 0.15) is 30.1 Å². The zero-order chi connectivity index (χ0) is 19.1. The summed E-state index contributed by atoms with van der Waals surface area (Å²) in [5.41, 5.74) is 10.3. The van der Waals surface area contributed by atoms with Gasteiger partial charge in [0.05, 0.1) is 19.6 Å². The van der Waals surface area contributed by atoms with E-state index < -0.39 is 17.9 Å². The first-order valence-corrected chi connectivity index (χ1v) is 8.41. The van der Waals surface area contributed by atoms with Crippen molar-refractivity contribution in [3.63, 3.8) is 0 Å². The van der Waals surface area contributed by atoms with Crippen molar-refractivity contribution in [2.45, 2.75) is 19.8 Å². The van der Waals surface area contributed by atoms with Gasteiger partial charge in [0.15, 0.2) is 11.5 Å². The Balaban J connectivity index is 1.93. The Morgan fingerprint density at radius 2 is 2.04 bits per heavy atom. The number of carbonyl (C=O) groups excluding carboxylic acids is 3. The molecule has 1 aliphatic heterocycles. The zero-order valence-electron chi connectivity index (χ0n) is 14.9. The fourth-order valence-electron chi connectivity index (χ4n) is 2.77. The maximum Gasteiger partial charge on any atom is 0.314 e. The fraction of sp³-hybridized carbons (Fsp3) is 0.471. The summed E-state index contributed by atoms with van der Waals surface area (Å²) in [6.45, 7) is 3.10. The molecular formula is C17H24N4O5. The third-order valence-electron chi connectivity index (χ3n) is 4.13. The number of rotatable bonds is 5. The van der Waals surface area contributed by atoms with Crippen molar-refractivity contribution < 1.29 is 23.9 Å². The molecule has 1 fully saturated rings. The van der Waals surface area contributed by atoms with Gasteiger partial charge in [0, 0.05) is 18.7 Å². The molecule has 2 rings (SSSR count). The van der Waals surface area contributed by atoms with Crippen LogP contribution in [-0.4, -0.2) is 49.6 Å². The van der Waals surface area contributed by atoms with Crippen LogP contribution in [0.15, 0.2) is 18.2 Å². The Morgan fingerprint density at radius 3 is 2.69 bits per heavy atom. The molecule has 0 radical (unpaired) electrons. The van der Waals surface area contributed by atoms with Gasteiger partial charge in [-0.15, -0.1) is 0 Å². The summed E-state index contributed by atoms with van der Waals surface area (Å²) in [7, 11) is 1.48. The maximum absolute atomic E-state index is 12.2. The van der Waals surface area contributed by atoms with E-state index in [0.29, 0.717) is 43.1 Å². The number of nitrogens with zero attached hydrogens (tertiary/aromatic N) is 1. The lowest BCUT2D eigenvalue weighted by Gasteiger charge is -2.30. The predicted molar refractivity (Wildman–Crippen MR) is 93.7 cm³/mol. The van der Waals surface area contributed by atoms with Crippen LogP contribution in [0.2, 0.25) is 0 Å². The first-order valence-electron chi connectivity index (χ1n) is 8.41. The molecule has 142 valence electrons. The Labute approximate surface area is 151 Å². The minimum Gasteiger partial charge on any atom is -0.493 e. The van der Waals surface area contributed by atoms with E-state index in [2.05, 4.69) is 10.9 Å². The summed E-state index contributed by atoms with van der Waals surface area (Å²) in [5, 5.41) is 0. The van der Waals surface area contributed by atoms with Crippen molar-refractivity contribution in [3.05, 3.63) is 23.8 Å². The van der Waals surface area contributed by atoms with E-state index in [1.807, 2.05) is 6.92 Å². The molecule has 0 aliphatic carbocycles. The van der Waals surface area contributed by atoms with Gasteiger partial charge >= 0.3 is 6.03 Å². The number of piperidine rings is 1. The first-order chi connectivity index (χ1) is 12.5. The number of urea groups is 1. The van der Waals surface area contributed by atoms with Gasteiger partial charge in [-0.05, 0) is 38.0 Å². The molecule has 1 heterocycles. The van der Waals surface area contributed by atoms with E-state index in [1.54, 1.807) is 12.1 Å². The van der Waals surface area contributed by atoms with Crippen LogP contribution >= 0.6 is 0 Å². The lowest BCUT2D eigenvalue weighted by molar-refractivity contribution is -0.127. The minimum atomic E-state index is -0.548. The topological polar surface area (TPSA) is 123 Å². The average molecular weight is 364 g/mol. The SMILES string of the molecule is CCOc1ccc(C(=O)NNC(=O)[C@@H]2CCCN(C(N)=O)C2)cc1OC. The number of hydrazine groups is 1. The van der Waals surface area contributed by atoms with E-state index in [1.165, 1.54) is 18.1 Å². The molecule has 4 N–H and O–H groups in total. The molecule has 1 aromatic rings. The number of amides is 4. The van der Waals surface area contributed by atoms with Crippen molar-refractivity contribution in [1.29, 1.82) is 0 Å². The van der Waals surface area contributed by atoms with Crippen LogP contribution in [0.4, 0.5) is 4.79 Å². The summed E-state index contributed by atoms with van der Waals surface area (Å²) in [6.07, 6.45) is 1.31. The van der Waals surface area contributed by atoms with Gasteiger partial charge in [-0.2, -0.15) is 0 Å². The Kier molecular flexibility index (Phi) is 6.65. The largest absolute Gasteiger partial charge is 0.493 e. The van der Waals surface area contributed by atoms with Crippen molar-refractivity contribution in [2.75, 3.05) is 26.8 Å². The number of carbonyl (C=O) groups is 3. The molecule has 1 atom stereocenters. The van der Waals surface area contributed by atoms with Crippen LogP contribution in [-0.2, 0) is 4.79 Å². The van der Waals surface area contributed by atoms with Crippen LogP contribution in [0.25, 0.3) is 0 Å². The zero-order valence-corrected chi connectivity index (χ0v) is 14.9. The van der Waals surface area contributed by atoms with Gasteiger partial charge in [-0.25, -0.2) is 4.79 Å². The molecule has 26 heavy (non-hydrogen) atoms. The summed E-state index contributed by atoms with van der Waals surface area (Å²) in [5.74, 6) is -0.296. The lowest BCUT2D eigenvalue weighted by atomic mass is 9.98. The van der Waals surface area contributed by atoms with E-state index in [9.17, 15) is 14.4 Å². The third kappa shape index (κ3) is 4.78. The maximum atomic E-state index is 12.2. The number of benzene rings is 1. The summed E-state index contributed by atoms with van der Waals surface area (Å²) in [6, 6.07) is 4.19. The monoisotopic (exact) mass is 364 g/mol. The molecule has 9 heteroatoms. The number of nitrogens with one attached hydrogen (secondary N) is 2. The quantitative estimate of drug-likeness (QED) is 0.662. The second kappa shape index (κ2) is 8.93. The highest BCUT2D eigenvalue weighted by Crippen LogP contribution is 2.27. The van der Waals surface area contributed by atoms with E-state index in [-0.39, 0.29) is 12.5 Å². The molecule has 0 saturated carbocycles. The molecular weight excluding hydrogens is 340 g/mol. The lowest BCUT2D eigenvalue weighted by Crippen LogP contribution is -2.50. The predicted octanol–water partition coefficient (Wildman–Crippen LogP) is 0.646. The molecule has 0 unspecified atom stereocenters. The second-order valence-corrected chi connectivity index (χ2v) is 5.87. The number of nitrogens with two attached hydrogens (primary N) is 1. The first kappa shape index (κ1) is 19.4. The van der Waals surface area contributed by atoms with Crippen LogP contribution < -0.4 is 26.1 Å². The van der Waals surface area contributed by atoms with E-state index >= 15 is 0 Å².